The van der Waals surface area contributed by atoms with Crippen molar-refractivity contribution < 1.29 is 17.6 Å². The van der Waals surface area contributed by atoms with Crippen LogP contribution < -0.4 is 9.80 Å². The van der Waals surface area contributed by atoms with E-state index in [1.54, 1.807) is 48.5 Å². The zero-order chi connectivity index (χ0) is 47.8. The molecule has 0 saturated carbocycles. The SMILES string of the molecule is Cc1ccc(N(c2ccccc2)c2cc(-c3cccnc3F)nc(C(C)(C)c3cc(N(c4ccccc4)c4ccc(C(C)(C)C)cc4)cc(-c4[nH]nc(-c5ccccc5)c4C(F)(F)F)n3)c2)cc1. The van der Waals surface area contributed by atoms with Crippen LogP contribution in [0.5, 0.6) is 0 Å². The highest BCUT2D eigenvalue weighted by Crippen LogP contribution is 2.46. The number of para-hydroxylation sites is 2. The fraction of sp³-hybridized carbons (Fsp3) is 0.158. The number of hydrogen-bond acceptors (Lipinski definition) is 6. The lowest BCUT2D eigenvalue weighted by molar-refractivity contribution is -0.136. The number of halogens is 4. The number of aromatic amines is 1. The molecule has 68 heavy (non-hydrogen) atoms. The van der Waals surface area contributed by atoms with Gasteiger partial charge in [0.05, 0.1) is 45.4 Å². The standard InChI is InChI=1S/C57H49F4N7/c1-37-24-28-42(29-25-37)67(40-19-12-8-13-20-40)44-33-47(46-23-16-32-62-54(46)58)63-49(35-44)56(5,6)50-36-45(68(41-21-14-9-15-22-41)43-30-26-39(27-31-43)55(2,3)4)34-48(64-50)53-51(57(59,60)61)52(65-66-53)38-17-10-7-11-18-38/h7-36H,1-6H3,(H,65,66). The molecule has 0 radical (unpaired) electrons. The van der Waals surface area contributed by atoms with Crippen LogP contribution in [0.25, 0.3) is 33.9 Å². The van der Waals surface area contributed by atoms with Crippen molar-refractivity contribution in [2.24, 2.45) is 0 Å². The van der Waals surface area contributed by atoms with E-state index in [4.69, 9.17) is 9.97 Å². The lowest BCUT2D eigenvalue weighted by atomic mass is 9.83. The van der Waals surface area contributed by atoms with Gasteiger partial charge in [-0.3, -0.25) is 15.1 Å². The maximum Gasteiger partial charge on any atom is 0.420 e. The van der Waals surface area contributed by atoms with Gasteiger partial charge in [0, 0.05) is 39.9 Å². The summed E-state index contributed by atoms with van der Waals surface area (Å²) in [6, 6.07) is 54.7. The quantitative estimate of drug-likeness (QED) is 0.103. The molecule has 4 heterocycles. The molecule has 340 valence electrons. The molecular formula is C57H49F4N7. The molecule has 0 unspecified atom stereocenters. The summed E-state index contributed by atoms with van der Waals surface area (Å²) in [5.74, 6) is -0.700. The topological polar surface area (TPSA) is 73.8 Å². The van der Waals surface area contributed by atoms with E-state index in [0.29, 0.717) is 34.0 Å². The third-order valence-electron chi connectivity index (χ3n) is 12.1. The molecule has 0 atom stereocenters. The highest BCUT2D eigenvalue weighted by molar-refractivity contribution is 5.83. The summed E-state index contributed by atoms with van der Waals surface area (Å²) >= 11 is 0. The summed E-state index contributed by atoms with van der Waals surface area (Å²) in [4.78, 5) is 18.3. The molecule has 0 amide bonds. The largest absolute Gasteiger partial charge is 0.420 e. The van der Waals surface area contributed by atoms with E-state index in [-0.39, 0.29) is 28.1 Å². The van der Waals surface area contributed by atoms with E-state index in [9.17, 15) is 0 Å². The van der Waals surface area contributed by atoms with Crippen LogP contribution in [0.1, 0.15) is 62.7 Å². The molecule has 0 bridgehead atoms. The predicted molar refractivity (Wildman–Crippen MR) is 265 cm³/mol. The smallest absolute Gasteiger partial charge is 0.310 e. The van der Waals surface area contributed by atoms with Crippen molar-refractivity contribution in [1.82, 2.24) is 25.1 Å². The normalized spacial score (nSPS) is 12.0. The van der Waals surface area contributed by atoms with Crippen molar-refractivity contribution in [2.45, 2.75) is 58.5 Å². The molecule has 9 rings (SSSR count). The van der Waals surface area contributed by atoms with Crippen molar-refractivity contribution >= 4 is 34.1 Å². The first-order valence-corrected chi connectivity index (χ1v) is 22.3. The number of nitrogens with one attached hydrogen (secondary N) is 1. The Morgan fingerprint density at radius 2 is 1.00 bits per heavy atom. The number of hydrogen-bond donors (Lipinski definition) is 1. The highest BCUT2D eigenvalue weighted by atomic mass is 19.4. The van der Waals surface area contributed by atoms with Crippen molar-refractivity contribution in [3.05, 3.63) is 216 Å². The molecule has 5 aromatic carbocycles. The molecule has 11 heteroatoms. The molecule has 0 aliphatic carbocycles. The average Bonchev–Trinajstić information content (AvgIpc) is 3.80. The number of H-pyrrole nitrogens is 1. The lowest BCUT2D eigenvalue weighted by Crippen LogP contribution is -2.25. The second kappa shape index (κ2) is 18.0. The van der Waals surface area contributed by atoms with Crippen molar-refractivity contribution in [1.29, 1.82) is 0 Å². The zero-order valence-electron chi connectivity index (χ0n) is 38.5. The van der Waals surface area contributed by atoms with Gasteiger partial charge in [-0.05, 0) is 117 Å². The first kappa shape index (κ1) is 45.2. The summed E-state index contributed by atoms with van der Waals surface area (Å²) in [5, 5.41) is 7.06. The van der Waals surface area contributed by atoms with Crippen molar-refractivity contribution in [2.75, 3.05) is 9.80 Å². The number of nitrogens with zero attached hydrogens (tertiary/aromatic N) is 6. The fourth-order valence-corrected chi connectivity index (χ4v) is 8.37. The predicted octanol–water partition coefficient (Wildman–Crippen LogP) is 15.6. The molecule has 0 fully saturated rings. The second-order valence-corrected chi connectivity index (χ2v) is 18.3. The first-order valence-electron chi connectivity index (χ1n) is 22.3. The number of alkyl halides is 3. The molecular weight excluding hydrogens is 859 g/mol. The Bertz CT molecular complexity index is 3180. The van der Waals surface area contributed by atoms with Gasteiger partial charge in [-0.2, -0.15) is 22.7 Å². The van der Waals surface area contributed by atoms with Crippen LogP contribution >= 0.6 is 0 Å². The number of benzene rings is 5. The van der Waals surface area contributed by atoms with E-state index in [0.717, 1.165) is 33.9 Å². The van der Waals surface area contributed by atoms with Crippen LogP contribution in [-0.4, -0.2) is 25.1 Å². The third kappa shape index (κ3) is 9.12. The number of aromatic nitrogens is 5. The molecule has 4 aromatic heterocycles. The van der Waals surface area contributed by atoms with Gasteiger partial charge < -0.3 is 9.80 Å². The second-order valence-electron chi connectivity index (χ2n) is 18.3. The number of anilines is 6. The number of pyridine rings is 3. The van der Waals surface area contributed by atoms with Gasteiger partial charge in [-0.15, -0.1) is 0 Å². The molecule has 9 aromatic rings. The van der Waals surface area contributed by atoms with Crippen LogP contribution in [0.3, 0.4) is 0 Å². The molecule has 1 N–H and O–H groups in total. The Balaban J connectivity index is 1.32. The summed E-state index contributed by atoms with van der Waals surface area (Å²) in [6.45, 7) is 12.3. The fourth-order valence-electron chi connectivity index (χ4n) is 8.37. The van der Waals surface area contributed by atoms with Gasteiger partial charge in [0.1, 0.15) is 11.3 Å². The molecule has 0 saturated heterocycles. The Morgan fingerprint density at radius 1 is 0.515 bits per heavy atom. The van der Waals surface area contributed by atoms with Gasteiger partial charge >= 0.3 is 6.18 Å². The maximum atomic E-state index is 15.8. The van der Waals surface area contributed by atoms with E-state index >= 15 is 17.6 Å². The minimum atomic E-state index is -4.82. The number of aryl methyl sites for hydroxylation is 1. The van der Waals surface area contributed by atoms with Crippen molar-refractivity contribution in [3.63, 3.8) is 0 Å². The van der Waals surface area contributed by atoms with Crippen LogP contribution in [0, 0.1) is 12.9 Å². The Morgan fingerprint density at radius 3 is 1.51 bits per heavy atom. The van der Waals surface area contributed by atoms with E-state index in [2.05, 4.69) is 53.0 Å². The van der Waals surface area contributed by atoms with E-state index in [1.807, 2.05) is 141 Å². The molecule has 0 spiro atoms. The minimum Gasteiger partial charge on any atom is -0.310 e. The van der Waals surface area contributed by atoms with Crippen LogP contribution in [0.2, 0.25) is 0 Å². The van der Waals surface area contributed by atoms with Gasteiger partial charge in [0.15, 0.2) is 0 Å². The third-order valence-corrected chi connectivity index (χ3v) is 12.1. The molecule has 0 aliphatic rings. The average molecular weight is 908 g/mol. The van der Waals surface area contributed by atoms with E-state index < -0.39 is 23.1 Å². The summed E-state index contributed by atoms with van der Waals surface area (Å²) in [6.07, 6.45) is -3.44. The summed E-state index contributed by atoms with van der Waals surface area (Å²) in [5.41, 5.74) is 5.57. The van der Waals surface area contributed by atoms with Gasteiger partial charge in [0.2, 0.25) is 5.95 Å². The lowest BCUT2D eigenvalue weighted by Gasteiger charge is -2.31. The zero-order valence-corrected chi connectivity index (χ0v) is 38.5. The Labute approximate surface area is 393 Å². The first-order chi connectivity index (χ1) is 32.6. The van der Waals surface area contributed by atoms with Crippen molar-refractivity contribution in [3.8, 4) is 33.9 Å². The minimum absolute atomic E-state index is 0.0140. The molecule has 7 nitrogen and oxygen atoms in total. The summed E-state index contributed by atoms with van der Waals surface area (Å²) in [7, 11) is 0. The Kier molecular flexibility index (Phi) is 12.0. The van der Waals surface area contributed by atoms with Gasteiger partial charge in [0.25, 0.3) is 0 Å². The number of rotatable bonds is 11. The maximum absolute atomic E-state index is 15.8. The monoisotopic (exact) mass is 907 g/mol. The molecule has 0 aliphatic heterocycles. The highest BCUT2D eigenvalue weighted by Gasteiger charge is 2.41. The van der Waals surface area contributed by atoms with Crippen LogP contribution in [0.4, 0.5) is 51.7 Å². The summed E-state index contributed by atoms with van der Waals surface area (Å²) < 4.78 is 62.5. The van der Waals surface area contributed by atoms with E-state index in [1.165, 1.54) is 6.20 Å². The van der Waals surface area contributed by atoms with Gasteiger partial charge in [-0.1, -0.05) is 117 Å². The Hall–Kier alpha value is -7.92. The van der Waals surface area contributed by atoms with Gasteiger partial charge in [-0.25, -0.2) is 4.98 Å². The van der Waals surface area contributed by atoms with Crippen LogP contribution in [0.15, 0.2) is 182 Å². The van der Waals surface area contributed by atoms with Crippen LogP contribution in [-0.2, 0) is 17.0 Å².